The van der Waals surface area contributed by atoms with Crippen LogP contribution in [0.4, 0.5) is 0 Å². The topological polar surface area (TPSA) is 44.4 Å². The number of benzene rings is 1. The van der Waals surface area contributed by atoms with Gasteiger partial charge in [-0.1, -0.05) is 48.9 Å². The Morgan fingerprint density at radius 2 is 1.96 bits per heavy atom. The predicted octanol–water partition coefficient (Wildman–Crippen LogP) is 3.06. The van der Waals surface area contributed by atoms with Gasteiger partial charge in [0.25, 0.3) is 0 Å². The molecule has 0 bridgehead atoms. The molecule has 0 aromatic heterocycles. The van der Waals surface area contributed by atoms with Gasteiger partial charge in [0.2, 0.25) is 5.91 Å². The van der Waals surface area contributed by atoms with Gasteiger partial charge in [-0.2, -0.15) is 0 Å². The highest BCUT2D eigenvalue weighted by atomic mass is 16.2. The fourth-order valence-electron chi connectivity index (χ4n) is 5.16. The standard InChI is InChI=1S/C23H33N3O/c1-3-18(10-17-8-6-5-7-9-17)20-11-21(20)25-19-12-23(13-19)15-26(16-23)14-22(27)24-4-2/h5-10,19-21,25H,3-4,11-16H2,1-2H3,(H,24,27)/b18-10+/t20-,21+/m1/s1. The molecule has 1 aromatic rings. The Labute approximate surface area is 163 Å². The van der Waals surface area contributed by atoms with E-state index in [2.05, 4.69) is 58.9 Å². The number of carbonyl (C=O) groups excluding carboxylic acids is 1. The second-order valence-electron chi connectivity index (χ2n) is 8.80. The van der Waals surface area contributed by atoms with Crippen LogP contribution in [-0.4, -0.2) is 49.1 Å². The lowest BCUT2D eigenvalue weighted by Crippen LogP contribution is -2.67. The van der Waals surface area contributed by atoms with Gasteiger partial charge in [-0.3, -0.25) is 9.69 Å². The summed E-state index contributed by atoms with van der Waals surface area (Å²) in [4.78, 5) is 14.0. The molecule has 1 amide bonds. The first-order chi connectivity index (χ1) is 13.1. The third-order valence-corrected chi connectivity index (χ3v) is 6.49. The summed E-state index contributed by atoms with van der Waals surface area (Å²) in [7, 11) is 0. The highest BCUT2D eigenvalue weighted by Crippen LogP contribution is 2.50. The fraction of sp³-hybridized carbons (Fsp3) is 0.609. The Bertz CT molecular complexity index is 685. The largest absolute Gasteiger partial charge is 0.355 e. The van der Waals surface area contributed by atoms with E-state index in [-0.39, 0.29) is 5.91 Å². The number of amides is 1. The zero-order valence-electron chi connectivity index (χ0n) is 16.7. The molecule has 2 saturated carbocycles. The Kier molecular flexibility index (Phi) is 5.38. The molecule has 4 nitrogen and oxygen atoms in total. The molecule has 4 heteroatoms. The van der Waals surface area contributed by atoms with Crippen molar-refractivity contribution in [2.75, 3.05) is 26.2 Å². The van der Waals surface area contributed by atoms with Crippen LogP contribution in [0.2, 0.25) is 0 Å². The summed E-state index contributed by atoms with van der Waals surface area (Å²) in [6.45, 7) is 7.75. The minimum Gasteiger partial charge on any atom is -0.355 e. The smallest absolute Gasteiger partial charge is 0.234 e. The third kappa shape index (κ3) is 4.27. The van der Waals surface area contributed by atoms with Crippen LogP contribution in [0.25, 0.3) is 6.08 Å². The summed E-state index contributed by atoms with van der Waals surface area (Å²) >= 11 is 0. The molecule has 2 atom stereocenters. The number of carbonyl (C=O) groups is 1. The van der Waals surface area contributed by atoms with E-state index in [0.717, 1.165) is 32.0 Å². The molecule has 3 fully saturated rings. The van der Waals surface area contributed by atoms with Crippen LogP contribution in [-0.2, 0) is 4.79 Å². The minimum absolute atomic E-state index is 0.166. The lowest BCUT2D eigenvalue weighted by atomic mass is 9.60. The molecule has 1 heterocycles. The maximum Gasteiger partial charge on any atom is 0.234 e. The summed E-state index contributed by atoms with van der Waals surface area (Å²) < 4.78 is 0. The number of nitrogens with zero attached hydrogens (tertiary/aromatic N) is 1. The molecule has 1 saturated heterocycles. The first-order valence-corrected chi connectivity index (χ1v) is 10.6. The minimum atomic E-state index is 0.166. The Morgan fingerprint density at radius 3 is 2.63 bits per heavy atom. The second kappa shape index (κ2) is 7.76. The van der Waals surface area contributed by atoms with Crippen molar-refractivity contribution in [1.29, 1.82) is 0 Å². The van der Waals surface area contributed by atoms with Crippen LogP contribution in [0.15, 0.2) is 35.9 Å². The predicted molar refractivity (Wildman–Crippen MR) is 110 cm³/mol. The van der Waals surface area contributed by atoms with E-state index in [1.165, 1.54) is 24.8 Å². The average molecular weight is 368 g/mol. The molecule has 1 aliphatic heterocycles. The van der Waals surface area contributed by atoms with Crippen LogP contribution in [0, 0.1) is 11.3 Å². The van der Waals surface area contributed by atoms with Crippen molar-refractivity contribution in [2.24, 2.45) is 11.3 Å². The van der Waals surface area contributed by atoms with Crippen molar-refractivity contribution in [3.63, 3.8) is 0 Å². The quantitative estimate of drug-likeness (QED) is 0.742. The monoisotopic (exact) mass is 367 g/mol. The van der Waals surface area contributed by atoms with Crippen molar-refractivity contribution >= 4 is 12.0 Å². The molecular formula is C23H33N3O. The highest BCUT2D eigenvalue weighted by molar-refractivity contribution is 5.78. The third-order valence-electron chi connectivity index (χ3n) is 6.49. The Morgan fingerprint density at radius 1 is 1.22 bits per heavy atom. The molecule has 3 aliphatic rings. The van der Waals surface area contributed by atoms with Crippen LogP contribution < -0.4 is 10.6 Å². The van der Waals surface area contributed by atoms with Gasteiger partial charge in [0, 0.05) is 31.7 Å². The van der Waals surface area contributed by atoms with Gasteiger partial charge in [-0.25, -0.2) is 0 Å². The normalized spacial score (nSPS) is 27.1. The SMILES string of the molecule is CCNC(=O)CN1CC2(CC(N[C@H]3C[C@@H]3/C(=C/c3ccccc3)CC)C2)C1. The molecule has 0 radical (unpaired) electrons. The fourth-order valence-corrected chi connectivity index (χ4v) is 5.16. The molecule has 2 aliphatic carbocycles. The number of rotatable bonds is 8. The average Bonchev–Trinajstić information content (AvgIpc) is 3.36. The van der Waals surface area contributed by atoms with E-state index < -0.39 is 0 Å². The second-order valence-corrected chi connectivity index (χ2v) is 8.80. The first kappa shape index (κ1) is 18.7. The van der Waals surface area contributed by atoms with Crippen molar-refractivity contribution < 1.29 is 4.79 Å². The maximum absolute atomic E-state index is 11.7. The zero-order chi connectivity index (χ0) is 18.9. The van der Waals surface area contributed by atoms with Gasteiger partial charge < -0.3 is 10.6 Å². The lowest BCUT2D eigenvalue weighted by molar-refractivity contribution is -0.130. The van der Waals surface area contributed by atoms with Crippen molar-refractivity contribution in [3.8, 4) is 0 Å². The van der Waals surface area contributed by atoms with Crippen LogP contribution in [0.3, 0.4) is 0 Å². The van der Waals surface area contributed by atoms with Gasteiger partial charge >= 0.3 is 0 Å². The van der Waals surface area contributed by atoms with Crippen molar-refractivity contribution in [2.45, 2.75) is 51.6 Å². The number of likely N-dealkylation sites (tertiary alicyclic amines) is 1. The summed E-state index contributed by atoms with van der Waals surface area (Å²) in [6.07, 6.45) is 7.39. The number of hydrogen-bond acceptors (Lipinski definition) is 3. The van der Waals surface area contributed by atoms with E-state index in [1.54, 1.807) is 5.57 Å². The molecule has 146 valence electrons. The molecule has 1 aromatic carbocycles. The van der Waals surface area contributed by atoms with E-state index in [9.17, 15) is 4.79 Å². The van der Waals surface area contributed by atoms with Gasteiger partial charge in [-0.05, 0) is 49.5 Å². The van der Waals surface area contributed by atoms with Crippen LogP contribution in [0.1, 0.15) is 45.1 Å². The van der Waals surface area contributed by atoms with E-state index in [1.807, 2.05) is 6.92 Å². The van der Waals surface area contributed by atoms with Crippen LogP contribution in [0.5, 0.6) is 0 Å². The molecule has 27 heavy (non-hydrogen) atoms. The molecule has 4 rings (SSSR count). The first-order valence-electron chi connectivity index (χ1n) is 10.6. The molecule has 0 unspecified atom stereocenters. The molecule has 1 spiro atoms. The van der Waals surface area contributed by atoms with Crippen LogP contribution >= 0.6 is 0 Å². The number of likely N-dealkylation sites (N-methyl/N-ethyl adjacent to an activating group) is 1. The zero-order valence-corrected chi connectivity index (χ0v) is 16.7. The lowest BCUT2D eigenvalue weighted by Gasteiger charge is -2.59. The Balaban J connectivity index is 1.19. The van der Waals surface area contributed by atoms with Crippen molar-refractivity contribution in [1.82, 2.24) is 15.5 Å². The van der Waals surface area contributed by atoms with E-state index >= 15 is 0 Å². The van der Waals surface area contributed by atoms with Gasteiger partial charge in [0.1, 0.15) is 0 Å². The molecular weight excluding hydrogens is 334 g/mol. The highest BCUT2D eigenvalue weighted by Gasteiger charge is 2.54. The summed E-state index contributed by atoms with van der Waals surface area (Å²) in [5.41, 5.74) is 3.41. The maximum atomic E-state index is 11.7. The summed E-state index contributed by atoms with van der Waals surface area (Å²) in [5.74, 6) is 0.891. The number of hydrogen-bond donors (Lipinski definition) is 2. The van der Waals surface area contributed by atoms with Gasteiger partial charge in [0.15, 0.2) is 0 Å². The molecule has 2 N–H and O–H groups in total. The van der Waals surface area contributed by atoms with E-state index in [4.69, 9.17) is 0 Å². The van der Waals surface area contributed by atoms with Gasteiger partial charge in [0.05, 0.1) is 6.54 Å². The summed E-state index contributed by atoms with van der Waals surface area (Å²) in [5, 5.41) is 6.79. The van der Waals surface area contributed by atoms with Crippen molar-refractivity contribution in [3.05, 3.63) is 41.5 Å². The Hall–Kier alpha value is -1.65. The van der Waals surface area contributed by atoms with Gasteiger partial charge in [-0.15, -0.1) is 0 Å². The van der Waals surface area contributed by atoms with E-state index in [0.29, 0.717) is 24.0 Å². The summed E-state index contributed by atoms with van der Waals surface area (Å²) in [6, 6.07) is 12.1. The number of nitrogens with one attached hydrogen (secondary N) is 2.